The highest BCUT2D eigenvalue weighted by atomic mass is 16.3. The number of aliphatic hydroxyl groups excluding tert-OH is 1. The average Bonchev–Trinajstić information content (AvgIpc) is 3.08. The first-order valence-electron chi connectivity index (χ1n) is 9.60. The number of aromatic nitrogens is 4. The van der Waals surface area contributed by atoms with Crippen LogP contribution < -0.4 is 11.0 Å². The van der Waals surface area contributed by atoms with Crippen LogP contribution in [0.2, 0.25) is 0 Å². The molecule has 0 saturated heterocycles. The Bertz CT molecular complexity index is 1020. The Labute approximate surface area is 158 Å². The number of H-pyrrole nitrogens is 1. The molecule has 144 valence electrons. The van der Waals surface area contributed by atoms with Crippen LogP contribution in [0.25, 0.3) is 11.0 Å². The predicted molar refractivity (Wildman–Crippen MR) is 105 cm³/mol. The Morgan fingerprint density at radius 1 is 1.41 bits per heavy atom. The Kier molecular flexibility index (Phi) is 4.65. The van der Waals surface area contributed by atoms with Crippen LogP contribution in [-0.2, 0) is 13.1 Å². The molecule has 0 spiro atoms. The summed E-state index contributed by atoms with van der Waals surface area (Å²) in [6.07, 6.45) is 0.976. The summed E-state index contributed by atoms with van der Waals surface area (Å²) in [6.45, 7) is 7.64. The molecule has 0 amide bonds. The lowest BCUT2D eigenvalue weighted by atomic mass is 9.99. The molecular weight excluding hydrogens is 342 g/mol. The molecule has 0 fully saturated rings. The number of hydrogen-bond donors (Lipinski definition) is 3. The number of nitrogens with zero attached hydrogens (tertiary/aromatic N) is 3. The summed E-state index contributed by atoms with van der Waals surface area (Å²) in [5.74, 6) is 0. The molecule has 0 unspecified atom stereocenters. The minimum Gasteiger partial charge on any atom is -0.387 e. The number of aryl methyl sites for hydroxylation is 4. The lowest BCUT2D eigenvalue weighted by Gasteiger charge is -2.26. The minimum absolute atomic E-state index is 0.0923. The highest BCUT2D eigenvalue weighted by Gasteiger charge is 2.29. The van der Waals surface area contributed by atoms with Crippen LogP contribution in [0.4, 0.5) is 0 Å². The lowest BCUT2D eigenvalue weighted by molar-refractivity contribution is 0.118. The zero-order valence-electron chi connectivity index (χ0n) is 16.1. The molecule has 1 aromatic carbocycles. The molecule has 7 nitrogen and oxygen atoms in total. The highest BCUT2D eigenvalue weighted by Crippen LogP contribution is 2.29. The topological polar surface area (TPSA) is 87.9 Å². The van der Waals surface area contributed by atoms with Crippen LogP contribution in [0.15, 0.2) is 29.1 Å². The van der Waals surface area contributed by atoms with Crippen molar-refractivity contribution in [3.63, 3.8) is 0 Å². The minimum atomic E-state index is -0.645. The number of benzene rings is 1. The lowest BCUT2D eigenvalue weighted by Crippen LogP contribution is -2.41. The van der Waals surface area contributed by atoms with Crippen LogP contribution in [0, 0.1) is 13.8 Å². The van der Waals surface area contributed by atoms with Crippen molar-refractivity contribution in [3.8, 4) is 0 Å². The largest absolute Gasteiger partial charge is 0.387 e. The standard InChI is InChI=1S/C20H27N5O2/c1-12(7-10-25-14(3)11-13(2)23-25)21-17-8-9-24-18-15(19(17)26)5-4-6-16(18)22-20(24)27/h4-6,11-12,17,19,21,26H,7-10H2,1-3H3,(H,22,27)/t12-,17-,19-/m1/s1. The van der Waals surface area contributed by atoms with Gasteiger partial charge in [-0.15, -0.1) is 0 Å². The van der Waals surface area contributed by atoms with Gasteiger partial charge in [0.15, 0.2) is 0 Å². The first kappa shape index (κ1) is 18.0. The number of hydrogen-bond acceptors (Lipinski definition) is 4. The molecule has 3 heterocycles. The van der Waals surface area contributed by atoms with Crippen molar-refractivity contribution in [1.29, 1.82) is 0 Å². The first-order valence-corrected chi connectivity index (χ1v) is 9.60. The van der Waals surface area contributed by atoms with Gasteiger partial charge in [-0.1, -0.05) is 12.1 Å². The van der Waals surface area contributed by atoms with E-state index in [-0.39, 0.29) is 17.8 Å². The van der Waals surface area contributed by atoms with Gasteiger partial charge in [-0.2, -0.15) is 5.10 Å². The molecular formula is C20H27N5O2. The van der Waals surface area contributed by atoms with Gasteiger partial charge < -0.3 is 15.4 Å². The molecule has 1 aliphatic rings. The van der Waals surface area contributed by atoms with E-state index in [4.69, 9.17) is 0 Å². The van der Waals surface area contributed by atoms with Crippen LogP contribution >= 0.6 is 0 Å². The van der Waals surface area contributed by atoms with E-state index in [9.17, 15) is 9.90 Å². The van der Waals surface area contributed by atoms with Gasteiger partial charge in [0, 0.05) is 36.4 Å². The molecule has 1 aliphatic heterocycles. The van der Waals surface area contributed by atoms with Crippen molar-refractivity contribution in [2.45, 2.75) is 64.9 Å². The molecule has 3 atom stereocenters. The van der Waals surface area contributed by atoms with Crippen molar-refractivity contribution >= 4 is 11.0 Å². The van der Waals surface area contributed by atoms with E-state index < -0.39 is 6.10 Å². The summed E-state index contributed by atoms with van der Waals surface area (Å²) in [6, 6.07) is 7.90. The highest BCUT2D eigenvalue weighted by molar-refractivity contribution is 5.79. The van der Waals surface area contributed by atoms with Gasteiger partial charge in [-0.05, 0) is 45.7 Å². The van der Waals surface area contributed by atoms with Gasteiger partial charge in [0.2, 0.25) is 0 Å². The van der Waals surface area contributed by atoms with Crippen molar-refractivity contribution in [1.82, 2.24) is 24.6 Å². The molecule has 0 aliphatic carbocycles. The van der Waals surface area contributed by atoms with Crippen molar-refractivity contribution in [2.75, 3.05) is 0 Å². The van der Waals surface area contributed by atoms with Crippen LogP contribution in [0.3, 0.4) is 0 Å². The van der Waals surface area contributed by atoms with Crippen molar-refractivity contribution in [2.24, 2.45) is 0 Å². The smallest absolute Gasteiger partial charge is 0.326 e. The molecule has 0 radical (unpaired) electrons. The van der Waals surface area contributed by atoms with Crippen LogP contribution in [-0.4, -0.2) is 36.5 Å². The molecule has 27 heavy (non-hydrogen) atoms. The van der Waals surface area contributed by atoms with E-state index in [0.717, 1.165) is 35.3 Å². The van der Waals surface area contributed by atoms with E-state index in [1.165, 1.54) is 5.69 Å². The third-order valence-electron chi connectivity index (χ3n) is 5.56. The maximum atomic E-state index is 12.2. The fourth-order valence-corrected chi connectivity index (χ4v) is 4.18. The summed E-state index contributed by atoms with van der Waals surface area (Å²) >= 11 is 0. The maximum Gasteiger partial charge on any atom is 0.326 e. The number of aliphatic hydroxyl groups is 1. The average molecular weight is 369 g/mol. The number of nitrogens with one attached hydrogen (secondary N) is 2. The molecule has 4 rings (SSSR count). The van der Waals surface area contributed by atoms with E-state index in [1.54, 1.807) is 4.57 Å². The normalized spacial score (nSPS) is 20.7. The maximum absolute atomic E-state index is 12.2. The van der Waals surface area contributed by atoms with Gasteiger partial charge in [0.05, 0.1) is 22.8 Å². The zero-order valence-corrected chi connectivity index (χ0v) is 16.1. The molecule has 0 bridgehead atoms. The summed E-state index contributed by atoms with van der Waals surface area (Å²) < 4.78 is 3.78. The Morgan fingerprint density at radius 2 is 2.22 bits per heavy atom. The fourth-order valence-electron chi connectivity index (χ4n) is 4.18. The number of aromatic amines is 1. The second-order valence-electron chi connectivity index (χ2n) is 7.67. The summed E-state index contributed by atoms with van der Waals surface area (Å²) in [4.78, 5) is 15.1. The number of para-hydroxylation sites is 1. The van der Waals surface area contributed by atoms with Gasteiger partial charge in [0.1, 0.15) is 0 Å². The third-order valence-corrected chi connectivity index (χ3v) is 5.56. The monoisotopic (exact) mass is 369 g/mol. The predicted octanol–water partition coefficient (Wildman–Crippen LogP) is 2.02. The SMILES string of the molecule is Cc1cc(C)n(CC[C@@H](C)N[C@@H]2CCn3c(=O)[nH]c4cccc(c43)[C@H]2O)n1. The Balaban J connectivity index is 1.48. The quantitative estimate of drug-likeness (QED) is 0.642. The van der Waals surface area contributed by atoms with Crippen molar-refractivity contribution < 1.29 is 5.11 Å². The second kappa shape index (κ2) is 6.98. The van der Waals surface area contributed by atoms with E-state index >= 15 is 0 Å². The molecule has 3 aromatic rings. The van der Waals surface area contributed by atoms with Gasteiger partial charge in [-0.25, -0.2) is 4.79 Å². The van der Waals surface area contributed by atoms with Crippen molar-refractivity contribution in [3.05, 3.63) is 51.7 Å². The Morgan fingerprint density at radius 3 is 2.96 bits per heavy atom. The van der Waals surface area contributed by atoms with Crippen LogP contribution in [0.1, 0.15) is 42.8 Å². The number of imidazole rings is 1. The van der Waals surface area contributed by atoms with E-state index in [2.05, 4.69) is 35.3 Å². The summed E-state index contributed by atoms with van der Waals surface area (Å²) in [7, 11) is 0. The summed E-state index contributed by atoms with van der Waals surface area (Å²) in [5, 5.41) is 19.1. The first-order chi connectivity index (χ1) is 12.9. The number of rotatable bonds is 5. The van der Waals surface area contributed by atoms with E-state index in [1.807, 2.05) is 29.8 Å². The second-order valence-corrected chi connectivity index (χ2v) is 7.67. The zero-order chi connectivity index (χ0) is 19.1. The summed E-state index contributed by atoms with van der Waals surface area (Å²) in [5.41, 5.74) is 4.52. The Hall–Kier alpha value is -2.38. The van der Waals surface area contributed by atoms with Gasteiger partial charge in [0.25, 0.3) is 0 Å². The molecule has 2 aromatic heterocycles. The molecule has 0 saturated carbocycles. The molecule has 3 N–H and O–H groups in total. The van der Waals surface area contributed by atoms with Gasteiger partial charge in [-0.3, -0.25) is 9.25 Å². The van der Waals surface area contributed by atoms with Gasteiger partial charge >= 0.3 is 5.69 Å². The van der Waals surface area contributed by atoms with Crippen LogP contribution in [0.5, 0.6) is 0 Å². The third kappa shape index (κ3) is 3.33. The molecule has 7 heteroatoms. The fraction of sp³-hybridized carbons (Fsp3) is 0.500. The van der Waals surface area contributed by atoms with E-state index in [0.29, 0.717) is 13.0 Å².